The Balaban J connectivity index is 2.18. The second-order valence-corrected chi connectivity index (χ2v) is 6.40. The van der Waals surface area contributed by atoms with Gasteiger partial charge in [0, 0.05) is 33.4 Å². The van der Waals surface area contributed by atoms with Gasteiger partial charge in [0.2, 0.25) is 5.69 Å². The highest BCUT2D eigenvalue weighted by Gasteiger charge is 2.40. The Labute approximate surface area is 141 Å². The van der Waals surface area contributed by atoms with Crippen molar-refractivity contribution in [2.75, 3.05) is 0 Å². The molecule has 0 saturated heterocycles. The van der Waals surface area contributed by atoms with Crippen LogP contribution in [0.5, 0.6) is 0 Å². The summed E-state index contributed by atoms with van der Waals surface area (Å²) in [5.74, 6) is 0. The SMILES string of the molecule is [2H]C([2H])([2H])C1(C)c2cccnc2-c2ccc(C)c(-c3cccc[n+]3C)c21. The zero-order chi connectivity index (χ0) is 18.7. The summed E-state index contributed by atoms with van der Waals surface area (Å²) >= 11 is 0. The topological polar surface area (TPSA) is 16.8 Å². The maximum Gasteiger partial charge on any atom is 0.212 e. The van der Waals surface area contributed by atoms with Crippen molar-refractivity contribution in [2.24, 2.45) is 7.05 Å². The molecule has 0 amide bonds. The Kier molecular flexibility index (Phi) is 2.30. The first-order valence-corrected chi connectivity index (χ1v) is 7.82. The normalized spacial score (nSPS) is 21.1. The molecule has 1 aliphatic rings. The number of nitrogens with zero attached hydrogens (tertiary/aromatic N) is 2. The van der Waals surface area contributed by atoms with E-state index in [-0.39, 0.29) is 0 Å². The van der Waals surface area contributed by atoms with Crippen LogP contribution in [0.1, 0.15) is 34.6 Å². The summed E-state index contributed by atoms with van der Waals surface area (Å²) in [6.45, 7) is 1.68. The molecule has 2 heteroatoms. The fourth-order valence-electron chi connectivity index (χ4n) is 3.69. The minimum Gasteiger partial charge on any atom is -0.256 e. The monoisotopic (exact) mass is 304 g/mol. The number of aromatic nitrogens is 2. The van der Waals surface area contributed by atoms with E-state index in [0.717, 1.165) is 39.2 Å². The lowest BCUT2D eigenvalue weighted by Crippen LogP contribution is -2.31. The third-order valence-corrected chi connectivity index (χ3v) is 4.83. The highest BCUT2D eigenvalue weighted by Crippen LogP contribution is 2.51. The molecule has 2 nitrogen and oxygen atoms in total. The van der Waals surface area contributed by atoms with Gasteiger partial charge in [-0.2, -0.15) is 0 Å². The second kappa shape index (κ2) is 4.76. The summed E-state index contributed by atoms with van der Waals surface area (Å²) in [4.78, 5) is 4.54. The standard InChI is InChI=1S/C21H21N2/c1-14-10-11-15-19(18(14)17-9-5-6-13-23(17)4)21(2,3)16-8-7-12-22-20(15)16/h5-13H,1-4H3/q+1/i2D3. The number of hydrogen-bond acceptors (Lipinski definition) is 1. The van der Waals surface area contributed by atoms with E-state index >= 15 is 0 Å². The smallest absolute Gasteiger partial charge is 0.212 e. The molecule has 1 aromatic carbocycles. The second-order valence-electron chi connectivity index (χ2n) is 6.40. The van der Waals surface area contributed by atoms with Crippen molar-refractivity contribution >= 4 is 0 Å². The average molecular weight is 304 g/mol. The predicted octanol–water partition coefficient (Wildman–Crippen LogP) is 4.19. The molecule has 114 valence electrons. The van der Waals surface area contributed by atoms with Gasteiger partial charge in [0.25, 0.3) is 0 Å². The minimum absolute atomic E-state index is 0.778. The number of hydrogen-bond donors (Lipinski definition) is 0. The molecule has 1 atom stereocenters. The number of rotatable bonds is 1. The number of aryl methyl sites for hydroxylation is 2. The molecule has 0 aliphatic heterocycles. The van der Waals surface area contributed by atoms with Crippen molar-refractivity contribution < 1.29 is 8.68 Å². The first kappa shape index (κ1) is 11.1. The minimum atomic E-state index is -2.19. The lowest BCUT2D eigenvalue weighted by atomic mass is 9.78. The largest absolute Gasteiger partial charge is 0.256 e. The Bertz CT molecular complexity index is 1020. The molecular weight excluding hydrogens is 280 g/mol. The maximum atomic E-state index is 8.37. The van der Waals surface area contributed by atoms with Gasteiger partial charge in [-0.15, -0.1) is 0 Å². The lowest BCUT2D eigenvalue weighted by Gasteiger charge is -2.24. The van der Waals surface area contributed by atoms with Gasteiger partial charge in [-0.1, -0.05) is 32.0 Å². The molecule has 0 radical (unpaired) electrons. The molecule has 1 aliphatic carbocycles. The third-order valence-electron chi connectivity index (χ3n) is 4.83. The zero-order valence-electron chi connectivity index (χ0n) is 16.6. The van der Waals surface area contributed by atoms with Crippen molar-refractivity contribution in [3.8, 4) is 22.5 Å². The van der Waals surface area contributed by atoms with E-state index in [9.17, 15) is 0 Å². The first-order chi connectivity index (χ1) is 12.3. The zero-order valence-corrected chi connectivity index (χ0v) is 13.6. The molecule has 0 spiro atoms. The van der Waals surface area contributed by atoms with Crippen molar-refractivity contribution in [3.63, 3.8) is 0 Å². The van der Waals surface area contributed by atoms with Gasteiger partial charge in [-0.3, -0.25) is 4.98 Å². The van der Waals surface area contributed by atoms with Gasteiger partial charge in [0.15, 0.2) is 6.20 Å². The molecule has 2 aromatic heterocycles. The summed E-state index contributed by atoms with van der Waals surface area (Å²) in [5, 5.41) is 0. The van der Waals surface area contributed by atoms with Gasteiger partial charge in [-0.25, -0.2) is 4.57 Å². The van der Waals surface area contributed by atoms with Crippen LogP contribution in [0.15, 0.2) is 54.9 Å². The van der Waals surface area contributed by atoms with E-state index in [0.29, 0.717) is 0 Å². The fraction of sp³-hybridized carbons (Fsp3) is 0.238. The molecule has 0 bridgehead atoms. The van der Waals surface area contributed by atoms with Crippen molar-refractivity contribution in [3.05, 3.63) is 71.5 Å². The summed E-state index contributed by atoms with van der Waals surface area (Å²) in [6.07, 6.45) is 3.72. The van der Waals surface area contributed by atoms with E-state index in [4.69, 9.17) is 4.11 Å². The molecule has 0 N–H and O–H groups in total. The fourth-order valence-corrected chi connectivity index (χ4v) is 3.69. The van der Waals surface area contributed by atoms with Gasteiger partial charge >= 0.3 is 0 Å². The first-order valence-electron chi connectivity index (χ1n) is 9.32. The van der Waals surface area contributed by atoms with E-state index < -0.39 is 12.3 Å². The van der Waals surface area contributed by atoms with E-state index in [1.165, 1.54) is 0 Å². The lowest BCUT2D eigenvalue weighted by molar-refractivity contribution is -0.660. The number of fused-ring (bicyclic) bond motifs is 3. The average Bonchev–Trinajstić information content (AvgIpc) is 2.87. The van der Waals surface area contributed by atoms with Gasteiger partial charge in [0.05, 0.1) is 11.3 Å². The van der Waals surface area contributed by atoms with Crippen molar-refractivity contribution in [1.29, 1.82) is 0 Å². The third kappa shape index (κ3) is 1.88. The Morgan fingerprint density at radius 2 is 2.00 bits per heavy atom. The quantitative estimate of drug-likeness (QED) is 0.616. The van der Waals surface area contributed by atoms with E-state index in [1.54, 1.807) is 6.20 Å². The van der Waals surface area contributed by atoms with Crippen LogP contribution in [-0.4, -0.2) is 4.98 Å². The van der Waals surface area contributed by atoms with E-state index in [2.05, 4.69) is 11.1 Å². The summed E-state index contributed by atoms with van der Waals surface area (Å²) in [5.41, 5.74) is 5.29. The van der Waals surface area contributed by atoms with Gasteiger partial charge in [0.1, 0.15) is 7.05 Å². The highest BCUT2D eigenvalue weighted by atomic mass is 14.9. The van der Waals surface area contributed by atoms with Crippen LogP contribution in [-0.2, 0) is 12.5 Å². The number of benzene rings is 1. The van der Waals surface area contributed by atoms with Crippen LogP contribution >= 0.6 is 0 Å². The van der Waals surface area contributed by atoms with Gasteiger partial charge in [-0.05, 0) is 35.7 Å². The Hall–Kier alpha value is -2.48. The molecule has 4 rings (SSSR count). The van der Waals surface area contributed by atoms with Crippen LogP contribution in [0.25, 0.3) is 22.5 Å². The van der Waals surface area contributed by atoms with Crippen molar-refractivity contribution in [1.82, 2.24) is 4.98 Å². The van der Waals surface area contributed by atoms with Crippen LogP contribution in [0.2, 0.25) is 0 Å². The Morgan fingerprint density at radius 3 is 2.78 bits per heavy atom. The molecule has 1 unspecified atom stereocenters. The number of pyridine rings is 2. The van der Waals surface area contributed by atoms with Crippen LogP contribution < -0.4 is 4.57 Å². The van der Waals surface area contributed by atoms with Crippen LogP contribution in [0, 0.1) is 6.92 Å². The Morgan fingerprint density at radius 1 is 1.13 bits per heavy atom. The summed E-state index contributed by atoms with van der Waals surface area (Å²) in [7, 11) is 1.99. The predicted molar refractivity (Wildman–Crippen MR) is 93.2 cm³/mol. The van der Waals surface area contributed by atoms with E-state index in [1.807, 2.05) is 68.1 Å². The molecule has 23 heavy (non-hydrogen) atoms. The summed E-state index contributed by atoms with van der Waals surface area (Å²) < 4.78 is 27.1. The summed E-state index contributed by atoms with van der Waals surface area (Å²) in [6, 6.07) is 13.8. The van der Waals surface area contributed by atoms with Crippen molar-refractivity contribution in [2.45, 2.75) is 26.1 Å². The molecular formula is C21H21N2+. The molecule has 2 heterocycles. The van der Waals surface area contributed by atoms with Gasteiger partial charge < -0.3 is 0 Å². The molecule has 3 aromatic rings. The van der Waals surface area contributed by atoms with Crippen LogP contribution in [0.3, 0.4) is 0 Å². The maximum absolute atomic E-state index is 8.37. The molecule has 0 saturated carbocycles. The van der Waals surface area contributed by atoms with Crippen LogP contribution in [0.4, 0.5) is 0 Å². The highest BCUT2D eigenvalue weighted by molar-refractivity contribution is 5.86. The molecule has 0 fully saturated rings.